The van der Waals surface area contributed by atoms with E-state index in [1.54, 1.807) is 0 Å². The standard InChI is InChI=1S/C13H16N2O/c1-10(15-7-2-6-14)11-3-4-13-12(9-11)5-8-16-13/h3-4,9-10,15H,2,5,7-8H2,1H3. The average molecular weight is 216 g/mol. The summed E-state index contributed by atoms with van der Waals surface area (Å²) in [7, 11) is 0. The minimum atomic E-state index is 0.291. The third-order valence-electron chi connectivity index (χ3n) is 2.90. The molecular formula is C13H16N2O. The van der Waals surface area contributed by atoms with Crippen LogP contribution in [0.25, 0.3) is 0 Å². The van der Waals surface area contributed by atoms with Gasteiger partial charge in [0.05, 0.1) is 12.7 Å². The predicted molar refractivity (Wildman–Crippen MR) is 62.3 cm³/mol. The molecule has 0 aliphatic carbocycles. The first kappa shape index (κ1) is 11.0. The first-order valence-electron chi connectivity index (χ1n) is 5.67. The van der Waals surface area contributed by atoms with E-state index in [4.69, 9.17) is 10.00 Å². The van der Waals surface area contributed by atoms with E-state index in [2.05, 4.69) is 30.4 Å². The lowest BCUT2D eigenvalue weighted by molar-refractivity contribution is 0.356. The second-order valence-corrected chi connectivity index (χ2v) is 4.05. The normalized spacial score (nSPS) is 15.0. The molecule has 2 rings (SSSR count). The molecule has 1 atom stereocenters. The maximum atomic E-state index is 8.47. The van der Waals surface area contributed by atoms with Crippen LogP contribution in [0.1, 0.15) is 30.5 Å². The zero-order chi connectivity index (χ0) is 11.4. The quantitative estimate of drug-likeness (QED) is 0.785. The van der Waals surface area contributed by atoms with Crippen LogP contribution in [0, 0.1) is 11.3 Å². The van der Waals surface area contributed by atoms with Crippen molar-refractivity contribution in [2.45, 2.75) is 25.8 Å². The monoisotopic (exact) mass is 216 g/mol. The molecule has 1 aliphatic rings. The summed E-state index contributed by atoms with van der Waals surface area (Å²) >= 11 is 0. The van der Waals surface area contributed by atoms with Gasteiger partial charge in [-0.3, -0.25) is 0 Å². The first-order valence-corrected chi connectivity index (χ1v) is 5.67. The lowest BCUT2D eigenvalue weighted by Gasteiger charge is -2.14. The Kier molecular flexibility index (Phi) is 3.43. The molecule has 84 valence electrons. The van der Waals surface area contributed by atoms with Gasteiger partial charge in [0.2, 0.25) is 0 Å². The Morgan fingerprint density at radius 2 is 2.44 bits per heavy atom. The zero-order valence-corrected chi connectivity index (χ0v) is 9.49. The number of hydrogen-bond donors (Lipinski definition) is 1. The van der Waals surface area contributed by atoms with E-state index in [1.165, 1.54) is 11.1 Å². The van der Waals surface area contributed by atoms with Crippen LogP contribution in [0.3, 0.4) is 0 Å². The van der Waals surface area contributed by atoms with Gasteiger partial charge in [-0.1, -0.05) is 12.1 Å². The smallest absolute Gasteiger partial charge is 0.122 e. The van der Waals surface area contributed by atoms with Crippen LogP contribution in [-0.2, 0) is 6.42 Å². The van der Waals surface area contributed by atoms with Crippen molar-refractivity contribution >= 4 is 0 Å². The van der Waals surface area contributed by atoms with Crippen molar-refractivity contribution in [1.29, 1.82) is 5.26 Å². The Morgan fingerprint density at radius 3 is 3.25 bits per heavy atom. The fraction of sp³-hybridized carbons (Fsp3) is 0.462. The molecule has 0 radical (unpaired) electrons. The number of hydrogen-bond acceptors (Lipinski definition) is 3. The van der Waals surface area contributed by atoms with E-state index in [0.29, 0.717) is 12.5 Å². The Labute approximate surface area is 96.0 Å². The van der Waals surface area contributed by atoms with Gasteiger partial charge in [0.15, 0.2) is 0 Å². The lowest BCUT2D eigenvalue weighted by Crippen LogP contribution is -2.19. The largest absolute Gasteiger partial charge is 0.493 e. The molecule has 0 bridgehead atoms. The molecule has 1 N–H and O–H groups in total. The van der Waals surface area contributed by atoms with Gasteiger partial charge in [0, 0.05) is 25.4 Å². The van der Waals surface area contributed by atoms with Gasteiger partial charge in [0.25, 0.3) is 0 Å². The van der Waals surface area contributed by atoms with Crippen molar-refractivity contribution in [2.75, 3.05) is 13.2 Å². The van der Waals surface area contributed by atoms with E-state index >= 15 is 0 Å². The fourth-order valence-electron chi connectivity index (χ4n) is 1.94. The highest BCUT2D eigenvalue weighted by Crippen LogP contribution is 2.27. The number of benzene rings is 1. The lowest BCUT2D eigenvalue weighted by atomic mass is 10.0. The Hall–Kier alpha value is -1.53. The molecule has 3 heteroatoms. The predicted octanol–water partition coefficient (Wildman–Crippen LogP) is 2.19. The Morgan fingerprint density at radius 1 is 1.56 bits per heavy atom. The summed E-state index contributed by atoms with van der Waals surface area (Å²) in [5.41, 5.74) is 2.56. The summed E-state index contributed by atoms with van der Waals surface area (Å²) in [6.07, 6.45) is 1.56. The summed E-state index contributed by atoms with van der Waals surface area (Å²) in [4.78, 5) is 0. The summed E-state index contributed by atoms with van der Waals surface area (Å²) in [5, 5.41) is 11.8. The molecule has 0 saturated heterocycles. The SMILES string of the molecule is CC(NCCC#N)c1ccc2c(c1)CCO2. The number of ether oxygens (including phenoxy) is 1. The maximum absolute atomic E-state index is 8.47. The van der Waals surface area contributed by atoms with E-state index in [0.717, 1.165) is 25.3 Å². The molecule has 0 spiro atoms. The van der Waals surface area contributed by atoms with Crippen LogP contribution >= 0.6 is 0 Å². The van der Waals surface area contributed by atoms with E-state index in [9.17, 15) is 0 Å². The molecule has 3 nitrogen and oxygen atoms in total. The Bertz CT molecular complexity index is 409. The van der Waals surface area contributed by atoms with Gasteiger partial charge in [-0.25, -0.2) is 0 Å². The summed E-state index contributed by atoms with van der Waals surface area (Å²) < 4.78 is 5.47. The highest BCUT2D eigenvalue weighted by Gasteiger charge is 2.13. The van der Waals surface area contributed by atoms with Gasteiger partial charge in [-0.05, 0) is 24.1 Å². The molecule has 0 fully saturated rings. The maximum Gasteiger partial charge on any atom is 0.122 e. The van der Waals surface area contributed by atoms with E-state index in [-0.39, 0.29) is 0 Å². The van der Waals surface area contributed by atoms with Crippen LogP contribution in [0.5, 0.6) is 5.75 Å². The number of nitriles is 1. The van der Waals surface area contributed by atoms with Gasteiger partial charge in [0.1, 0.15) is 5.75 Å². The molecule has 1 aliphatic heterocycles. The van der Waals surface area contributed by atoms with Crippen LogP contribution in [0.15, 0.2) is 18.2 Å². The Balaban J connectivity index is 2.01. The van der Waals surface area contributed by atoms with Crippen molar-refractivity contribution in [1.82, 2.24) is 5.32 Å². The van der Waals surface area contributed by atoms with Crippen LogP contribution in [0.2, 0.25) is 0 Å². The van der Waals surface area contributed by atoms with Gasteiger partial charge in [-0.15, -0.1) is 0 Å². The van der Waals surface area contributed by atoms with Gasteiger partial charge >= 0.3 is 0 Å². The van der Waals surface area contributed by atoms with Crippen molar-refractivity contribution in [3.05, 3.63) is 29.3 Å². The molecular weight excluding hydrogens is 200 g/mol. The van der Waals surface area contributed by atoms with Crippen LogP contribution < -0.4 is 10.1 Å². The second kappa shape index (κ2) is 5.00. The topological polar surface area (TPSA) is 45.0 Å². The molecule has 0 amide bonds. The summed E-state index contributed by atoms with van der Waals surface area (Å²) in [5.74, 6) is 1.02. The molecule has 1 aromatic rings. The fourth-order valence-corrected chi connectivity index (χ4v) is 1.94. The average Bonchev–Trinajstić information content (AvgIpc) is 2.76. The van der Waals surface area contributed by atoms with Crippen LogP contribution in [-0.4, -0.2) is 13.2 Å². The van der Waals surface area contributed by atoms with Gasteiger partial charge in [-0.2, -0.15) is 5.26 Å². The molecule has 1 heterocycles. The highest BCUT2D eigenvalue weighted by atomic mass is 16.5. The molecule has 1 aromatic carbocycles. The molecule has 1 unspecified atom stereocenters. The number of nitrogens with one attached hydrogen (secondary N) is 1. The third-order valence-corrected chi connectivity index (χ3v) is 2.90. The first-order chi connectivity index (χ1) is 7.81. The van der Waals surface area contributed by atoms with Crippen molar-refractivity contribution in [3.8, 4) is 11.8 Å². The molecule has 0 saturated carbocycles. The molecule has 0 aromatic heterocycles. The third kappa shape index (κ3) is 2.34. The minimum absolute atomic E-state index is 0.291. The summed E-state index contributed by atoms with van der Waals surface area (Å²) in [6.45, 7) is 3.66. The number of nitrogens with zero attached hydrogens (tertiary/aromatic N) is 1. The molecule has 16 heavy (non-hydrogen) atoms. The minimum Gasteiger partial charge on any atom is -0.493 e. The van der Waals surface area contributed by atoms with Crippen molar-refractivity contribution in [2.24, 2.45) is 0 Å². The van der Waals surface area contributed by atoms with Crippen LogP contribution in [0.4, 0.5) is 0 Å². The number of fused-ring (bicyclic) bond motifs is 1. The van der Waals surface area contributed by atoms with Gasteiger partial charge < -0.3 is 10.1 Å². The zero-order valence-electron chi connectivity index (χ0n) is 9.49. The van der Waals surface area contributed by atoms with Crippen molar-refractivity contribution < 1.29 is 4.74 Å². The summed E-state index contributed by atoms with van der Waals surface area (Å²) in [6, 6.07) is 8.76. The number of rotatable bonds is 4. The second-order valence-electron chi connectivity index (χ2n) is 4.05. The van der Waals surface area contributed by atoms with E-state index in [1.807, 2.05) is 6.07 Å². The van der Waals surface area contributed by atoms with E-state index < -0.39 is 0 Å². The highest BCUT2D eigenvalue weighted by molar-refractivity contribution is 5.40. The van der Waals surface area contributed by atoms with Crippen molar-refractivity contribution in [3.63, 3.8) is 0 Å².